The van der Waals surface area contributed by atoms with E-state index in [1.807, 2.05) is 36.6 Å². The Morgan fingerprint density at radius 3 is 2.54 bits per heavy atom. The Morgan fingerprint density at radius 2 is 2.00 bits per heavy atom. The number of thiocarbonyl (C=S) groups is 1. The molecule has 0 aliphatic heterocycles. The topological polar surface area (TPSA) is 17.1 Å². The van der Waals surface area contributed by atoms with E-state index in [1.54, 1.807) is 0 Å². The molecule has 0 aliphatic rings. The van der Waals surface area contributed by atoms with Gasteiger partial charge in [-0.05, 0) is 18.4 Å². The Kier molecular flexibility index (Phi) is 4.33. The van der Waals surface area contributed by atoms with Crippen LogP contribution in [0.5, 0.6) is 0 Å². The highest BCUT2D eigenvalue weighted by Gasteiger charge is 2.07. The third kappa shape index (κ3) is 3.47. The predicted molar refractivity (Wildman–Crippen MR) is 56.5 cm³/mol. The smallest absolute Gasteiger partial charge is 0.202 e. The summed E-state index contributed by atoms with van der Waals surface area (Å²) < 4.78 is 0. The van der Waals surface area contributed by atoms with Crippen molar-refractivity contribution in [3.63, 3.8) is 0 Å². The van der Waals surface area contributed by atoms with E-state index in [0.717, 1.165) is 5.56 Å². The van der Waals surface area contributed by atoms with Crippen LogP contribution in [0.4, 0.5) is 0 Å². The van der Waals surface area contributed by atoms with E-state index in [0.29, 0.717) is 12.8 Å². The van der Waals surface area contributed by atoms with Crippen LogP contribution in [0.2, 0.25) is 0 Å². The molecule has 2 heteroatoms. The van der Waals surface area contributed by atoms with Crippen molar-refractivity contribution in [3.8, 4) is 0 Å². The van der Waals surface area contributed by atoms with Crippen molar-refractivity contribution < 1.29 is 4.79 Å². The summed E-state index contributed by atoms with van der Waals surface area (Å²) in [5, 5.41) is 2.56. The molecule has 0 fully saturated rings. The highest BCUT2D eigenvalue weighted by Crippen LogP contribution is 2.08. The van der Waals surface area contributed by atoms with Crippen LogP contribution >= 0.6 is 12.2 Å². The highest BCUT2D eigenvalue weighted by molar-refractivity contribution is 7.78. The zero-order valence-electron chi connectivity index (χ0n) is 7.19. The number of benzene rings is 1. The van der Waals surface area contributed by atoms with Gasteiger partial charge in [0, 0.05) is 11.3 Å². The summed E-state index contributed by atoms with van der Waals surface area (Å²) in [5.74, 6) is -0.139. The summed E-state index contributed by atoms with van der Waals surface area (Å²) in [7, 11) is 0. The van der Waals surface area contributed by atoms with Crippen LogP contribution < -0.4 is 0 Å². The normalized spacial score (nSPS) is 12.0. The molecule has 0 saturated heterocycles. The number of hydrogen-bond donors (Lipinski definition) is 0. The maximum absolute atomic E-state index is 10.5. The van der Waals surface area contributed by atoms with Gasteiger partial charge in [0.2, 0.25) is 6.29 Å². The summed E-state index contributed by atoms with van der Waals surface area (Å²) in [6.45, 7) is 0. The van der Waals surface area contributed by atoms with Gasteiger partial charge in [-0.1, -0.05) is 42.5 Å². The number of carbonyl (C=O) groups excluding carboxylic acids is 1. The molecule has 1 aromatic carbocycles. The lowest BCUT2D eigenvalue weighted by atomic mass is 9.99. The van der Waals surface area contributed by atoms with Crippen molar-refractivity contribution in [3.05, 3.63) is 35.9 Å². The molecule has 1 rings (SSSR count). The molecule has 66 valence electrons. The zero-order valence-corrected chi connectivity index (χ0v) is 8.01. The van der Waals surface area contributed by atoms with Gasteiger partial charge in [0.1, 0.15) is 0 Å². The van der Waals surface area contributed by atoms with Crippen molar-refractivity contribution >= 4 is 23.9 Å². The van der Waals surface area contributed by atoms with E-state index in [1.165, 1.54) is 0 Å². The maximum Gasteiger partial charge on any atom is 0.202 e. The van der Waals surface area contributed by atoms with Crippen molar-refractivity contribution in [2.45, 2.75) is 12.8 Å². The summed E-state index contributed by atoms with van der Waals surface area (Å²) in [6.07, 6.45) is 3.18. The lowest BCUT2D eigenvalue weighted by Crippen LogP contribution is -2.05. The molecule has 1 aromatic rings. The minimum atomic E-state index is -0.139. The molecule has 0 heterocycles. The fourth-order valence-electron chi connectivity index (χ4n) is 1.15. The van der Waals surface area contributed by atoms with Crippen LogP contribution in [0.25, 0.3) is 0 Å². The molecule has 0 spiro atoms. The van der Waals surface area contributed by atoms with Crippen LogP contribution in [0.3, 0.4) is 0 Å². The SMILES string of the molecule is O=[C]C(C[C]=S)Cc1ccccc1. The first-order chi connectivity index (χ1) is 6.36. The van der Waals surface area contributed by atoms with E-state index in [-0.39, 0.29) is 5.92 Å². The average molecular weight is 190 g/mol. The zero-order chi connectivity index (χ0) is 9.52. The van der Waals surface area contributed by atoms with Crippen molar-refractivity contribution in [1.29, 1.82) is 0 Å². The van der Waals surface area contributed by atoms with Crippen LogP contribution in [0.15, 0.2) is 30.3 Å². The summed E-state index contributed by atoms with van der Waals surface area (Å²) in [6, 6.07) is 9.85. The molecular weight excluding hydrogens is 180 g/mol. The average Bonchev–Trinajstić information content (AvgIpc) is 2.19. The van der Waals surface area contributed by atoms with Gasteiger partial charge < -0.3 is 0 Å². The van der Waals surface area contributed by atoms with Crippen LogP contribution in [-0.4, -0.2) is 11.7 Å². The molecule has 0 bridgehead atoms. The second-order valence-corrected chi connectivity index (χ2v) is 3.14. The summed E-state index contributed by atoms with van der Waals surface area (Å²) in [4.78, 5) is 10.5. The Morgan fingerprint density at radius 1 is 1.31 bits per heavy atom. The van der Waals surface area contributed by atoms with Gasteiger partial charge in [-0.3, -0.25) is 4.79 Å². The maximum atomic E-state index is 10.5. The quantitative estimate of drug-likeness (QED) is 0.662. The largest absolute Gasteiger partial charge is 0.291 e. The van der Waals surface area contributed by atoms with E-state index in [2.05, 4.69) is 17.6 Å². The third-order valence-electron chi connectivity index (χ3n) is 1.82. The molecule has 0 aliphatic carbocycles. The Hall–Kier alpha value is -1.02. The first-order valence-corrected chi connectivity index (χ1v) is 4.54. The third-order valence-corrected chi connectivity index (χ3v) is 1.99. The molecule has 0 amide bonds. The minimum absolute atomic E-state index is 0.139. The van der Waals surface area contributed by atoms with Crippen LogP contribution in [-0.2, 0) is 11.2 Å². The van der Waals surface area contributed by atoms with Gasteiger partial charge in [-0.25, -0.2) is 0 Å². The fraction of sp³-hybridized carbons (Fsp3) is 0.273. The van der Waals surface area contributed by atoms with Gasteiger partial charge in [0.05, 0.1) is 0 Å². The molecule has 1 unspecified atom stereocenters. The van der Waals surface area contributed by atoms with Crippen molar-refractivity contribution in [1.82, 2.24) is 0 Å². The Balaban J connectivity index is 2.56. The van der Waals surface area contributed by atoms with E-state index in [9.17, 15) is 4.79 Å². The summed E-state index contributed by atoms with van der Waals surface area (Å²) >= 11 is 4.58. The molecule has 2 radical (unpaired) electrons. The molecular formula is C11H10OS. The monoisotopic (exact) mass is 190 g/mol. The first-order valence-electron chi connectivity index (χ1n) is 4.13. The molecule has 0 saturated carbocycles. The van der Waals surface area contributed by atoms with Crippen LogP contribution in [0, 0.1) is 5.92 Å². The molecule has 1 nitrogen and oxygen atoms in total. The van der Waals surface area contributed by atoms with Gasteiger partial charge >= 0.3 is 0 Å². The van der Waals surface area contributed by atoms with Gasteiger partial charge in [-0.2, -0.15) is 0 Å². The second-order valence-electron chi connectivity index (χ2n) is 2.85. The van der Waals surface area contributed by atoms with Gasteiger partial charge in [0.15, 0.2) is 0 Å². The molecule has 0 N–H and O–H groups in total. The summed E-state index contributed by atoms with van der Waals surface area (Å²) in [5.41, 5.74) is 1.14. The van der Waals surface area contributed by atoms with E-state index >= 15 is 0 Å². The van der Waals surface area contributed by atoms with Crippen molar-refractivity contribution in [2.75, 3.05) is 0 Å². The predicted octanol–water partition coefficient (Wildman–Crippen LogP) is 2.22. The van der Waals surface area contributed by atoms with Crippen molar-refractivity contribution in [2.24, 2.45) is 5.92 Å². The lowest BCUT2D eigenvalue weighted by molar-refractivity contribution is 0.523. The van der Waals surface area contributed by atoms with Gasteiger partial charge in [0.25, 0.3) is 0 Å². The fourth-order valence-corrected chi connectivity index (χ4v) is 1.36. The van der Waals surface area contributed by atoms with Crippen LogP contribution in [0.1, 0.15) is 12.0 Å². The van der Waals surface area contributed by atoms with E-state index in [4.69, 9.17) is 0 Å². The molecule has 13 heavy (non-hydrogen) atoms. The number of hydrogen-bond acceptors (Lipinski definition) is 2. The minimum Gasteiger partial charge on any atom is -0.291 e. The standard InChI is InChI=1S/C11H10OS/c12-9-11(6-7-13)8-10-4-2-1-3-5-10/h1-5,11H,6,8H2. The molecule has 1 atom stereocenters. The molecule has 0 aromatic heterocycles. The van der Waals surface area contributed by atoms with Gasteiger partial charge in [-0.15, -0.1) is 0 Å². The van der Waals surface area contributed by atoms with E-state index < -0.39 is 0 Å². The Bertz CT molecular complexity index is 269. The first kappa shape index (κ1) is 10.1. The lowest BCUT2D eigenvalue weighted by Gasteiger charge is -2.04. The Labute approximate surface area is 83.8 Å². The second kappa shape index (κ2) is 5.60. The number of rotatable bonds is 5. The highest BCUT2D eigenvalue weighted by atomic mass is 32.1.